The molecule has 0 fully saturated rings. The van der Waals surface area contributed by atoms with Crippen LogP contribution in [-0.2, 0) is 14.6 Å². The molecule has 0 aliphatic heterocycles. The van der Waals surface area contributed by atoms with E-state index < -0.39 is 16.6 Å². The first-order chi connectivity index (χ1) is 20.3. The van der Waals surface area contributed by atoms with Crippen molar-refractivity contribution in [3.8, 4) is 0 Å². The van der Waals surface area contributed by atoms with Gasteiger partial charge in [-0.05, 0) is 18.8 Å². The molecule has 7 heteroatoms. The van der Waals surface area contributed by atoms with Gasteiger partial charge in [0, 0.05) is 0 Å². The zero-order valence-electron chi connectivity index (χ0n) is 28.5. The molecule has 1 unspecified atom stereocenters. The summed E-state index contributed by atoms with van der Waals surface area (Å²) in [5.41, 5.74) is 5.90. The molecule has 1 atom stereocenters. The fraction of sp³-hybridized carbons (Fsp3) is 1.00. The van der Waals surface area contributed by atoms with Crippen molar-refractivity contribution in [2.45, 2.75) is 213 Å². The van der Waals surface area contributed by atoms with Gasteiger partial charge in [-0.1, -0.05) is 194 Å². The highest BCUT2D eigenvalue weighted by molar-refractivity contribution is 7.80. The maximum atomic E-state index is 10.00. The number of nitrogens with two attached hydrogens (primary N) is 1. The van der Waals surface area contributed by atoms with E-state index in [1.54, 1.807) is 0 Å². The molecule has 0 rings (SSSR count). The number of aliphatic hydroxyl groups excluding tert-OH is 1. The largest absolute Gasteiger partial charge is 0.397 e. The van der Waals surface area contributed by atoms with Gasteiger partial charge in [-0.2, -0.15) is 8.42 Å². The molecule has 0 radical (unpaired) electrons. The Balaban J connectivity index is 0. The fourth-order valence-electron chi connectivity index (χ4n) is 5.69. The van der Waals surface area contributed by atoms with E-state index in [0.29, 0.717) is 5.92 Å². The molecule has 42 heavy (non-hydrogen) atoms. The highest BCUT2D eigenvalue weighted by Crippen LogP contribution is 2.21. The number of aliphatic hydroxyl groups is 1. The van der Waals surface area contributed by atoms with Gasteiger partial charge in [-0.15, -0.1) is 0 Å². The molecule has 0 saturated carbocycles. The first-order valence-electron chi connectivity index (χ1n) is 18.2. The molecule has 0 aromatic rings. The standard InChI is InChI=1S/C34H71NO.CH4O4S/c1-3-5-7-9-11-13-15-17-19-21-23-25-27-29-31-33(34(35)36)32-30-28-26-24-22-20-18-16-14-12-10-8-6-4-2;1-5-6(2,3)4/h33-34,36H,3-32,35H2,1-2H3;1H3,(H,2,3,4). The monoisotopic (exact) mass is 622 g/mol. The van der Waals surface area contributed by atoms with Crippen molar-refractivity contribution in [3.05, 3.63) is 0 Å². The van der Waals surface area contributed by atoms with Gasteiger partial charge in [0.2, 0.25) is 0 Å². The summed E-state index contributed by atoms with van der Waals surface area (Å²) in [7, 11) is -3.29. The van der Waals surface area contributed by atoms with Crippen LogP contribution in [0.2, 0.25) is 0 Å². The van der Waals surface area contributed by atoms with Crippen LogP contribution < -0.4 is 5.73 Å². The van der Waals surface area contributed by atoms with E-state index in [4.69, 9.17) is 10.3 Å². The van der Waals surface area contributed by atoms with Crippen LogP contribution in [0.25, 0.3) is 0 Å². The molecule has 6 nitrogen and oxygen atoms in total. The molecule has 0 spiro atoms. The van der Waals surface area contributed by atoms with Crippen molar-refractivity contribution >= 4 is 10.4 Å². The molecule has 0 aliphatic rings. The average Bonchev–Trinajstić information content (AvgIpc) is 2.96. The minimum atomic E-state index is -4.16. The highest BCUT2D eigenvalue weighted by atomic mass is 32.3. The Hall–Kier alpha value is -0.210. The second-order valence-electron chi connectivity index (χ2n) is 12.6. The summed E-state index contributed by atoms with van der Waals surface area (Å²) in [5.74, 6) is 0.319. The average molecular weight is 622 g/mol. The van der Waals surface area contributed by atoms with Gasteiger partial charge in [-0.25, -0.2) is 0 Å². The third-order valence-electron chi connectivity index (χ3n) is 8.55. The van der Waals surface area contributed by atoms with Crippen molar-refractivity contribution in [1.29, 1.82) is 0 Å². The van der Waals surface area contributed by atoms with Crippen molar-refractivity contribution in [2.24, 2.45) is 11.7 Å². The Morgan fingerprint density at radius 3 is 0.857 bits per heavy atom. The lowest BCUT2D eigenvalue weighted by molar-refractivity contribution is 0.0997. The number of hydrogen-bond donors (Lipinski definition) is 3. The Bertz CT molecular complexity index is 568. The number of hydrogen-bond acceptors (Lipinski definition) is 5. The zero-order valence-corrected chi connectivity index (χ0v) is 29.3. The molecule has 4 N–H and O–H groups in total. The van der Waals surface area contributed by atoms with Gasteiger partial charge in [0.25, 0.3) is 0 Å². The Morgan fingerprint density at radius 1 is 0.500 bits per heavy atom. The molecule has 0 aliphatic carbocycles. The van der Waals surface area contributed by atoms with E-state index in [0.717, 1.165) is 20.0 Å². The summed E-state index contributed by atoms with van der Waals surface area (Å²) in [6.45, 7) is 4.59. The van der Waals surface area contributed by atoms with Crippen LogP contribution in [0.1, 0.15) is 206 Å². The maximum absolute atomic E-state index is 10.00. The van der Waals surface area contributed by atoms with Crippen molar-refractivity contribution in [1.82, 2.24) is 0 Å². The van der Waals surface area contributed by atoms with Gasteiger partial charge in [0.1, 0.15) is 6.23 Å². The first-order valence-corrected chi connectivity index (χ1v) is 19.6. The summed E-state index contributed by atoms with van der Waals surface area (Å²) < 4.78 is 29.7. The molecule has 0 aromatic heterocycles. The van der Waals surface area contributed by atoms with Crippen molar-refractivity contribution < 1.29 is 22.3 Å². The summed E-state index contributed by atoms with van der Waals surface area (Å²) in [5, 5.41) is 10.00. The van der Waals surface area contributed by atoms with E-state index >= 15 is 0 Å². The molecular formula is C35H75NO5S. The summed E-state index contributed by atoms with van der Waals surface area (Å²) in [4.78, 5) is 0. The topological polar surface area (TPSA) is 110 Å². The minimum Gasteiger partial charge on any atom is -0.379 e. The highest BCUT2D eigenvalue weighted by Gasteiger charge is 2.14. The van der Waals surface area contributed by atoms with Crippen molar-refractivity contribution in [2.75, 3.05) is 7.11 Å². The lowest BCUT2D eigenvalue weighted by Crippen LogP contribution is -2.29. The quantitative estimate of drug-likeness (QED) is 0.0391. The Labute approximate surface area is 263 Å². The van der Waals surface area contributed by atoms with Crippen LogP contribution in [0.15, 0.2) is 0 Å². The van der Waals surface area contributed by atoms with E-state index in [2.05, 4.69) is 18.0 Å². The van der Waals surface area contributed by atoms with Gasteiger partial charge in [0.05, 0.1) is 7.11 Å². The number of rotatable bonds is 32. The zero-order chi connectivity index (χ0) is 31.6. The normalized spacial score (nSPS) is 12.5. The number of unbranched alkanes of at least 4 members (excludes halogenated alkanes) is 26. The lowest BCUT2D eigenvalue weighted by atomic mass is 9.93. The van der Waals surface area contributed by atoms with Crippen molar-refractivity contribution in [3.63, 3.8) is 0 Å². The predicted molar refractivity (Wildman–Crippen MR) is 182 cm³/mol. The first kappa shape index (κ1) is 43.9. The second-order valence-corrected chi connectivity index (χ2v) is 13.8. The third-order valence-corrected chi connectivity index (χ3v) is 8.97. The van der Waals surface area contributed by atoms with E-state index in [1.165, 1.54) is 180 Å². The smallest absolute Gasteiger partial charge is 0.379 e. The molecule has 0 aromatic carbocycles. The summed E-state index contributed by atoms with van der Waals surface area (Å²) in [6.07, 6.45) is 40.9. The van der Waals surface area contributed by atoms with E-state index in [9.17, 15) is 13.5 Å². The third kappa shape index (κ3) is 39.8. The van der Waals surface area contributed by atoms with Gasteiger partial charge >= 0.3 is 10.4 Å². The van der Waals surface area contributed by atoms with Gasteiger partial charge < -0.3 is 10.8 Å². The molecule has 0 saturated heterocycles. The van der Waals surface area contributed by atoms with Crippen LogP contribution in [0, 0.1) is 5.92 Å². The van der Waals surface area contributed by atoms with E-state index in [1.807, 2.05) is 0 Å². The Kier molecular flexibility index (Phi) is 36.9. The van der Waals surface area contributed by atoms with E-state index in [-0.39, 0.29) is 0 Å². The summed E-state index contributed by atoms with van der Waals surface area (Å²) >= 11 is 0. The minimum absolute atomic E-state index is 0.319. The molecule has 0 bridgehead atoms. The molecule has 0 amide bonds. The fourth-order valence-corrected chi connectivity index (χ4v) is 5.69. The molecule has 0 heterocycles. The van der Waals surface area contributed by atoms with Gasteiger partial charge in [-0.3, -0.25) is 8.74 Å². The Morgan fingerprint density at radius 2 is 0.690 bits per heavy atom. The van der Waals surface area contributed by atoms with Crippen LogP contribution in [0.4, 0.5) is 0 Å². The van der Waals surface area contributed by atoms with Crippen LogP contribution in [0.5, 0.6) is 0 Å². The second kappa shape index (κ2) is 35.3. The summed E-state index contributed by atoms with van der Waals surface area (Å²) in [6, 6.07) is 0. The molecule has 256 valence electrons. The van der Waals surface area contributed by atoms with Crippen LogP contribution in [-0.4, -0.2) is 31.4 Å². The predicted octanol–water partition coefficient (Wildman–Crippen LogP) is 11.1. The van der Waals surface area contributed by atoms with Gasteiger partial charge in [0.15, 0.2) is 0 Å². The molecular weight excluding hydrogens is 546 g/mol. The van der Waals surface area contributed by atoms with Crippen LogP contribution >= 0.6 is 0 Å². The van der Waals surface area contributed by atoms with Crippen LogP contribution in [0.3, 0.4) is 0 Å². The lowest BCUT2D eigenvalue weighted by Gasteiger charge is -2.19. The maximum Gasteiger partial charge on any atom is 0.397 e. The SMILES string of the molecule is CCCCCCCCCCCCCCCCC(CCCCCCCCCCCCCCCC)C(N)O.COS(=O)(=O)O.